The van der Waals surface area contributed by atoms with Crippen molar-refractivity contribution in [3.63, 3.8) is 0 Å². The number of hydrogen-bond acceptors (Lipinski definition) is 9. The molecular weight excluding hydrogens is 671 g/mol. The van der Waals surface area contributed by atoms with Crippen molar-refractivity contribution in [2.75, 3.05) is 47.1 Å². The fourth-order valence-electron chi connectivity index (χ4n) is 6.29. The first-order valence-electron chi connectivity index (χ1n) is 16.4. The van der Waals surface area contributed by atoms with Gasteiger partial charge in [0.2, 0.25) is 11.4 Å². The van der Waals surface area contributed by atoms with Crippen molar-refractivity contribution in [2.24, 2.45) is 5.92 Å². The summed E-state index contributed by atoms with van der Waals surface area (Å²) in [5.41, 5.74) is -2.26. The van der Waals surface area contributed by atoms with Gasteiger partial charge < -0.3 is 28.6 Å². The molecule has 0 saturated carbocycles. The van der Waals surface area contributed by atoms with Crippen molar-refractivity contribution < 1.29 is 46.9 Å². The number of ether oxygens (including phenoxy) is 4. The minimum atomic E-state index is -5.05. The predicted octanol–water partition coefficient (Wildman–Crippen LogP) is 6.73. The van der Waals surface area contributed by atoms with Gasteiger partial charge in [0.25, 0.3) is 5.69 Å². The number of alkyl halides is 3. The van der Waals surface area contributed by atoms with Crippen LogP contribution < -0.4 is 14.2 Å². The molecule has 1 N–H and O–H groups in total. The highest BCUT2D eigenvalue weighted by atomic mass is 19.4. The fourth-order valence-corrected chi connectivity index (χ4v) is 6.29. The van der Waals surface area contributed by atoms with E-state index >= 15 is 0 Å². The molecule has 14 heteroatoms. The van der Waals surface area contributed by atoms with Gasteiger partial charge in [-0.25, -0.2) is 4.79 Å². The lowest BCUT2D eigenvalue weighted by atomic mass is 9.90. The van der Waals surface area contributed by atoms with Gasteiger partial charge in [0.1, 0.15) is 0 Å². The van der Waals surface area contributed by atoms with Crippen LogP contribution in [0.4, 0.5) is 18.9 Å². The van der Waals surface area contributed by atoms with E-state index in [9.17, 15) is 33.2 Å². The summed E-state index contributed by atoms with van der Waals surface area (Å²) in [6.07, 6.45) is 0.0670. The molecule has 0 amide bonds. The van der Waals surface area contributed by atoms with Crippen LogP contribution >= 0.6 is 0 Å². The number of piperidine rings is 1. The number of non-ortho nitro benzene ring substituents is 1. The second kappa shape index (κ2) is 15.9. The first-order valence-corrected chi connectivity index (χ1v) is 16.4. The molecule has 1 fully saturated rings. The van der Waals surface area contributed by atoms with Crippen LogP contribution in [-0.4, -0.2) is 78.7 Å². The van der Waals surface area contributed by atoms with E-state index in [1.165, 1.54) is 43.2 Å². The maximum Gasteiger partial charge on any atom is 0.422 e. The Morgan fingerprint density at radius 2 is 1.71 bits per heavy atom. The number of fused-ring (bicyclic) bond motifs is 1. The maximum atomic E-state index is 14.9. The molecule has 1 aliphatic heterocycles. The number of aromatic nitrogens is 1. The molecule has 51 heavy (non-hydrogen) atoms. The van der Waals surface area contributed by atoms with Crippen LogP contribution in [0.15, 0.2) is 72.9 Å². The molecule has 0 bridgehead atoms. The Bertz CT molecular complexity index is 1850. The molecule has 2 heterocycles. The summed E-state index contributed by atoms with van der Waals surface area (Å²) < 4.78 is 68.4. The first kappa shape index (κ1) is 37.2. The van der Waals surface area contributed by atoms with E-state index in [1.54, 1.807) is 54.3 Å². The summed E-state index contributed by atoms with van der Waals surface area (Å²) >= 11 is 0. The summed E-state index contributed by atoms with van der Waals surface area (Å²) in [4.78, 5) is 24.3. The molecular formula is C37H40F3N3O8. The van der Waals surface area contributed by atoms with E-state index in [1.807, 2.05) is 6.07 Å². The first-order chi connectivity index (χ1) is 24.4. The zero-order chi connectivity index (χ0) is 36.8. The topological polar surface area (TPSA) is 126 Å². The molecule has 11 nitrogen and oxygen atoms in total. The van der Waals surface area contributed by atoms with Gasteiger partial charge in [0.15, 0.2) is 11.5 Å². The van der Waals surface area contributed by atoms with E-state index in [0.717, 1.165) is 11.6 Å². The zero-order valence-electron chi connectivity index (χ0n) is 28.5. The predicted molar refractivity (Wildman–Crippen MR) is 184 cm³/mol. The molecule has 5 rings (SSSR count). The van der Waals surface area contributed by atoms with Gasteiger partial charge in [-0.3, -0.25) is 15.0 Å². The van der Waals surface area contributed by atoms with Gasteiger partial charge in [-0.1, -0.05) is 30.3 Å². The summed E-state index contributed by atoms with van der Waals surface area (Å²) in [6, 6.07) is 16.0. The van der Waals surface area contributed by atoms with Gasteiger partial charge in [0, 0.05) is 48.4 Å². The number of rotatable bonds is 14. The number of nitro benzene ring substituents is 1. The Hall–Kier alpha value is -5.08. The fraction of sp³-hybridized carbons (Fsp3) is 0.378. The third kappa shape index (κ3) is 8.46. The number of benzene rings is 3. The largest absolute Gasteiger partial charge is 0.493 e. The Morgan fingerprint density at radius 1 is 1.04 bits per heavy atom. The zero-order valence-corrected chi connectivity index (χ0v) is 28.5. The van der Waals surface area contributed by atoms with Crippen LogP contribution in [-0.2, 0) is 21.7 Å². The number of halogens is 3. The van der Waals surface area contributed by atoms with Crippen molar-refractivity contribution in [2.45, 2.75) is 38.1 Å². The van der Waals surface area contributed by atoms with Gasteiger partial charge in [-0.05, 0) is 74.2 Å². The van der Waals surface area contributed by atoms with E-state index in [2.05, 4.69) is 0 Å². The average Bonchev–Trinajstić information content (AvgIpc) is 3.48. The summed E-state index contributed by atoms with van der Waals surface area (Å²) in [5, 5.41) is 23.2. The van der Waals surface area contributed by atoms with E-state index < -0.39 is 29.2 Å². The Morgan fingerprint density at radius 3 is 2.29 bits per heavy atom. The van der Waals surface area contributed by atoms with Crippen LogP contribution in [0.5, 0.6) is 17.2 Å². The smallest absolute Gasteiger partial charge is 0.422 e. The van der Waals surface area contributed by atoms with Crippen molar-refractivity contribution in [3.05, 3.63) is 99.7 Å². The highest BCUT2D eigenvalue weighted by molar-refractivity contribution is 5.88. The number of likely N-dealkylation sites (tertiary alicyclic amines) is 1. The molecule has 1 unspecified atom stereocenters. The number of aliphatic hydroxyl groups is 1. The molecule has 272 valence electrons. The van der Waals surface area contributed by atoms with E-state index in [4.69, 9.17) is 18.9 Å². The lowest BCUT2D eigenvalue weighted by Crippen LogP contribution is -2.52. The van der Waals surface area contributed by atoms with Gasteiger partial charge in [0.05, 0.1) is 37.9 Å². The van der Waals surface area contributed by atoms with Gasteiger partial charge >= 0.3 is 12.1 Å². The van der Waals surface area contributed by atoms with Gasteiger partial charge in [-0.2, -0.15) is 13.2 Å². The molecule has 0 aliphatic carbocycles. The number of methoxy groups -OCH3 is 2. The summed E-state index contributed by atoms with van der Waals surface area (Å²) in [6.45, 7) is 2.18. The number of esters is 1. The second-order valence-corrected chi connectivity index (χ2v) is 12.3. The third-order valence-corrected chi connectivity index (χ3v) is 8.99. The number of β-amino-alcohol motifs (C(OH)–C–C–N with tert-alkyl or cyclic N) is 1. The van der Waals surface area contributed by atoms with Crippen LogP contribution in [0, 0.1) is 16.0 Å². The monoisotopic (exact) mass is 711 g/mol. The van der Waals surface area contributed by atoms with Crippen molar-refractivity contribution in [1.29, 1.82) is 0 Å². The minimum absolute atomic E-state index is 0.00800. The van der Waals surface area contributed by atoms with Crippen LogP contribution in [0.3, 0.4) is 0 Å². The van der Waals surface area contributed by atoms with Gasteiger partial charge in [-0.15, -0.1) is 0 Å². The standard InChI is InChI=1S/C37H40F3N3O8/c1-4-50-34(44)13-10-27-18-32(48-2)35(33(19-27)49-3)51-23-26-14-16-41(17-15-26)24-36(45,37(38,39)40)30-22-42(21-25-8-6-5-7-9-25)31-20-28(43(46)47)11-12-29(30)31/h5-13,18-20,22,26,45H,4,14-17,21,23-24H2,1-3H3. The number of carbonyl (C=O) groups is 1. The number of hydrogen-bond donors (Lipinski definition) is 1. The maximum absolute atomic E-state index is 14.9. The van der Waals surface area contributed by atoms with E-state index in [0.29, 0.717) is 35.7 Å². The minimum Gasteiger partial charge on any atom is -0.493 e. The second-order valence-electron chi connectivity index (χ2n) is 12.3. The molecule has 0 radical (unpaired) electrons. The van der Waals surface area contributed by atoms with Crippen LogP contribution in [0.1, 0.15) is 36.5 Å². The van der Waals surface area contributed by atoms with Crippen molar-refractivity contribution in [1.82, 2.24) is 9.47 Å². The number of nitrogens with zero attached hydrogens (tertiary/aromatic N) is 3. The van der Waals surface area contributed by atoms with E-state index in [-0.39, 0.29) is 60.9 Å². The Labute approximate surface area is 292 Å². The third-order valence-electron chi connectivity index (χ3n) is 8.99. The van der Waals surface area contributed by atoms with Crippen molar-refractivity contribution >= 4 is 28.6 Å². The Balaban J connectivity index is 1.32. The molecule has 1 aliphatic rings. The highest BCUT2D eigenvalue weighted by Crippen LogP contribution is 2.45. The lowest BCUT2D eigenvalue weighted by molar-refractivity contribution is -0.384. The highest BCUT2D eigenvalue weighted by Gasteiger charge is 2.57. The average molecular weight is 712 g/mol. The summed E-state index contributed by atoms with van der Waals surface area (Å²) in [7, 11) is 2.95. The molecule has 1 atom stereocenters. The molecule has 1 aromatic heterocycles. The van der Waals surface area contributed by atoms with Crippen LogP contribution in [0.25, 0.3) is 17.0 Å². The summed E-state index contributed by atoms with van der Waals surface area (Å²) in [5.74, 6) is 0.613. The SMILES string of the molecule is CCOC(=O)C=Cc1cc(OC)c(OCC2CCN(CC(O)(c3cn(Cc4ccccc4)c4cc([N+](=O)[O-])ccc34)C(F)(F)F)CC2)c(OC)c1. The molecule has 4 aromatic rings. The lowest BCUT2D eigenvalue weighted by Gasteiger charge is -2.39. The molecule has 1 saturated heterocycles. The Kier molecular flexibility index (Phi) is 11.6. The molecule has 0 spiro atoms. The number of nitro groups is 1. The number of carbonyl (C=O) groups excluding carboxylic acids is 1. The van der Waals surface area contributed by atoms with Crippen molar-refractivity contribution in [3.8, 4) is 17.2 Å². The molecule has 3 aromatic carbocycles. The normalized spacial score (nSPS) is 15.5. The quantitative estimate of drug-likeness (QED) is 0.0656. The van der Waals surface area contributed by atoms with Crippen LogP contribution in [0.2, 0.25) is 0 Å².